The van der Waals surface area contributed by atoms with Crippen LogP contribution < -0.4 is 0 Å². The fraction of sp³-hybridized carbons (Fsp3) is 0.500. The van der Waals surface area contributed by atoms with Crippen LogP contribution in [0.4, 0.5) is 0 Å². The van der Waals surface area contributed by atoms with E-state index in [1.54, 1.807) is 0 Å². The Balaban J connectivity index is 4.62. The molecule has 52 valence electrons. The molecule has 0 aromatic rings. The fourth-order valence-electron chi connectivity index (χ4n) is 0.481. The molecule has 0 heterocycles. The fourth-order valence-corrected chi connectivity index (χ4v) is 0.481. The van der Waals surface area contributed by atoms with Crippen LogP contribution in [0.5, 0.6) is 0 Å². The molecular weight excluding hydrogens is 124 g/mol. The lowest BCUT2D eigenvalue weighted by atomic mass is 9.87. The molecule has 0 aliphatic carbocycles. The maximum atomic E-state index is 8.52. The second-order valence-electron chi connectivity index (χ2n) is 3.05. The highest BCUT2D eigenvalue weighted by molar-refractivity contribution is 5.31. The van der Waals surface area contributed by atoms with Crippen molar-refractivity contribution < 1.29 is 0 Å². The molecule has 0 aliphatic heterocycles. The molecule has 0 rings (SSSR count). The first-order valence-electron chi connectivity index (χ1n) is 3.02. The van der Waals surface area contributed by atoms with Gasteiger partial charge in [0.2, 0.25) is 0 Å². The zero-order chi connectivity index (χ0) is 8.20. The predicted molar refractivity (Wildman–Crippen MR) is 38.8 cm³/mol. The molecule has 0 radical (unpaired) electrons. The topological polar surface area (TPSA) is 47.6 Å². The van der Waals surface area contributed by atoms with Crippen LogP contribution in [-0.4, -0.2) is 0 Å². The third-order valence-electron chi connectivity index (χ3n) is 1.14. The van der Waals surface area contributed by atoms with Gasteiger partial charge in [-0.05, 0) is 5.41 Å². The Hall–Kier alpha value is -1.28. The monoisotopic (exact) mass is 134 g/mol. The molecule has 2 heteroatoms. The number of rotatable bonds is 0. The lowest BCUT2D eigenvalue weighted by molar-refractivity contribution is 0.520. The first-order chi connectivity index (χ1) is 4.52. The zero-order valence-corrected chi connectivity index (χ0v) is 6.47. The minimum Gasteiger partial charge on any atom is -0.193 e. The molecule has 0 bridgehead atoms. The van der Waals surface area contributed by atoms with Gasteiger partial charge in [0.25, 0.3) is 0 Å². The first kappa shape index (κ1) is 8.72. The normalized spacial score (nSPS) is 11.9. The molecule has 0 amide bonds. The molecule has 0 aliphatic rings. The molecule has 0 atom stereocenters. The van der Waals surface area contributed by atoms with E-state index in [0.29, 0.717) is 5.57 Å². The van der Waals surface area contributed by atoms with E-state index in [2.05, 4.69) is 0 Å². The van der Waals surface area contributed by atoms with Crippen molar-refractivity contribution in [2.45, 2.75) is 20.8 Å². The largest absolute Gasteiger partial charge is 0.193 e. The predicted octanol–water partition coefficient (Wildman–Crippen LogP) is 2.01. The second kappa shape index (κ2) is 3.03. The number of nitriles is 2. The molecule has 10 heavy (non-hydrogen) atoms. The standard InChI is InChI=1S/C8H10N2/c1-8(2,3)7(6-10)4-5-9/h4H,1-3H3/b7-4-. The number of nitrogens with zero attached hydrogens (tertiary/aromatic N) is 2. The average Bonchev–Trinajstić information content (AvgIpc) is 1.80. The molecular formula is C8H10N2. The van der Waals surface area contributed by atoms with Crippen LogP contribution in [-0.2, 0) is 0 Å². The van der Waals surface area contributed by atoms with Crippen LogP contribution in [0.25, 0.3) is 0 Å². The Labute approximate surface area is 61.4 Å². The van der Waals surface area contributed by atoms with Gasteiger partial charge in [0.1, 0.15) is 0 Å². The average molecular weight is 134 g/mol. The number of hydrogen-bond acceptors (Lipinski definition) is 2. The van der Waals surface area contributed by atoms with Crippen molar-refractivity contribution in [3.8, 4) is 12.1 Å². The van der Waals surface area contributed by atoms with Gasteiger partial charge in [-0.1, -0.05) is 20.8 Å². The van der Waals surface area contributed by atoms with Gasteiger partial charge in [0.15, 0.2) is 0 Å². The summed E-state index contributed by atoms with van der Waals surface area (Å²) in [7, 11) is 0. The summed E-state index contributed by atoms with van der Waals surface area (Å²) >= 11 is 0. The minimum absolute atomic E-state index is 0.204. The van der Waals surface area contributed by atoms with Crippen molar-refractivity contribution in [1.82, 2.24) is 0 Å². The van der Waals surface area contributed by atoms with Crippen LogP contribution in [0.15, 0.2) is 11.6 Å². The summed E-state index contributed by atoms with van der Waals surface area (Å²) in [4.78, 5) is 0. The second-order valence-corrected chi connectivity index (χ2v) is 3.05. The Kier molecular flexibility index (Phi) is 2.65. The molecule has 0 saturated carbocycles. The van der Waals surface area contributed by atoms with Crippen molar-refractivity contribution in [3.63, 3.8) is 0 Å². The Morgan fingerprint density at radius 3 is 1.90 bits per heavy atom. The lowest BCUT2D eigenvalue weighted by Crippen LogP contribution is -2.07. The highest BCUT2D eigenvalue weighted by atomic mass is 14.3. The van der Waals surface area contributed by atoms with E-state index < -0.39 is 0 Å². The lowest BCUT2D eigenvalue weighted by Gasteiger charge is -2.14. The van der Waals surface area contributed by atoms with Crippen LogP contribution in [0, 0.1) is 28.1 Å². The van der Waals surface area contributed by atoms with Crippen molar-refractivity contribution in [3.05, 3.63) is 11.6 Å². The minimum atomic E-state index is -0.204. The van der Waals surface area contributed by atoms with E-state index in [1.807, 2.05) is 32.9 Å². The van der Waals surface area contributed by atoms with Crippen molar-refractivity contribution in [2.24, 2.45) is 5.41 Å². The van der Waals surface area contributed by atoms with Gasteiger partial charge in [-0.2, -0.15) is 10.5 Å². The molecule has 0 N–H and O–H groups in total. The van der Waals surface area contributed by atoms with Gasteiger partial charge in [0.05, 0.1) is 12.1 Å². The molecule has 0 unspecified atom stereocenters. The summed E-state index contributed by atoms with van der Waals surface area (Å²) in [5.74, 6) is 0. The summed E-state index contributed by atoms with van der Waals surface area (Å²) < 4.78 is 0. The van der Waals surface area contributed by atoms with Gasteiger partial charge >= 0.3 is 0 Å². The van der Waals surface area contributed by atoms with Crippen molar-refractivity contribution >= 4 is 0 Å². The molecule has 0 saturated heterocycles. The highest BCUT2D eigenvalue weighted by Crippen LogP contribution is 2.23. The van der Waals surface area contributed by atoms with E-state index in [4.69, 9.17) is 10.5 Å². The van der Waals surface area contributed by atoms with E-state index in [0.717, 1.165) is 0 Å². The summed E-state index contributed by atoms with van der Waals surface area (Å²) in [5, 5.41) is 16.8. The van der Waals surface area contributed by atoms with E-state index in [-0.39, 0.29) is 5.41 Å². The highest BCUT2D eigenvalue weighted by Gasteiger charge is 2.15. The zero-order valence-electron chi connectivity index (χ0n) is 6.47. The molecule has 0 fully saturated rings. The summed E-state index contributed by atoms with van der Waals surface area (Å²) in [5.41, 5.74) is 0.319. The third kappa shape index (κ3) is 2.33. The maximum absolute atomic E-state index is 8.52. The van der Waals surface area contributed by atoms with Gasteiger partial charge in [0, 0.05) is 11.6 Å². The molecule has 0 spiro atoms. The van der Waals surface area contributed by atoms with E-state index >= 15 is 0 Å². The smallest absolute Gasteiger partial charge is 0.0960 e. The Morgan fingerprint density at radius 1 is 1.30 bits per heavy atom. The summed E-state index contributed by atoms with van der Waals surface area (Å²) in [6.45, 7) is 5.71. The van der Waals surface area contributed by atoms with Crippen LogP contribution in [0.3, 0.4) is 0 Å². The van der Waals surface area contributed by atoms with Gasteiger partial charge in [-0.25, -0.2) is 0 Å². The number of hydrogen-bond donors (Lipinski definition) is 0. The Bertz CT molecular complexity index is 217. The van der Waals surface area contributed by atoms with Crippen LogP contribution in [0.1, 0.15) is 20.8 Å². The van der Waals surface area contributed by atoms with Crippen LogP contribution in [0.2, 0.25) is 0 Å². The summed E-state index contributed by atoms with van der Waals surface area (Å²) in [6.07, 6.45) is 1.29. The third-order valence-corrected chi connectivity index (χ3v) is 1.14. The number of allylic oxidation sites excluding steroid dienone is 2. The Morgan fingerprint density at radius 2 is 1.80 bits per heavy atom. The molecule has 0 aromatic carbocycles. The molecule has 0 aromatic heterocycles. The van der Waals surface area contributed by atoms with Gasteiger partial charge in [-0.15, -0.1) is 0 Å². The SMILES string of the molecule is CC(C)(C)/C(C#N)=C\C#N. The quantitative estimate of drug-likeness (QED) is 0.476. The maximum Gasteiger partial charge on any atom is 0.0960 e. The van der Waals surface area contributed by atoms with Crippen LogP contribution >= 0.6 is 0 Å². The van der Waals surface area contributed by atoms with Crippen molar-refractivity contribution in [2.75, 3.05) is 0 Å². The van der Waals surface area contributed by atoms with Crippen molar-refractivity contribution in [1.29, 1.82) is 10.5 Å². The molecule has 2 nitrogen and oxygen atoms in total. The van der Waals surface area contributed by atoms with E-state index in [1.165, 1.54) is 6.08 Å². The summed E-state index contributed by atoms with van der Waals surface area (Å²) in [6, 6.07) is 3.82. The van der Waals surface area contributed by atoms with E-state index in [9.17, 15) is 0 Å². The van der Waals surface area contributed by atoms with Gasteiger partial charge in [-0.3, -0.25) is 0 Å². The first-order valence-corrected chi connectivity index (χ1v) is 3.02. The van der Waals surface area contributed by atoms with Gasteiger partial charge < -0.3 is 0 Å².